The fourth-order valence-corrected chi connectivity index (χ4v) is 3.34. The van der Waals surface area contributed by atoms with Crippen molar-refractivity contribution in [2.45, 2.75) is 13.5 Å². The number of amides is 2. The molecule has 2 aromatic carbocycles. The summed E-state index contributed by atoms with van der Waals surface area (Å²) in [7, 11) is 1.55. The third kappa shape index (κ3) is 4.72. The lowest BCUT2D eigenvalue weighted by Crippen LogP contribution is -2.18. The number of carbonyl (C=O) groups is 2. The number of aryl methyl sites for hydroxylation is 1. The van der Waals surface area contributed by atoms with E-state index < -0.39 is 0 Å². The van der Waals surface area contributed by atoms with Crippen molar-refractivity contribution in [1.82, 2.24) is 10.3 Å². The van der Waals surface area contributed by atoms with Crippen LogP contribution in [0.25, 0.3) is 0 Å². The van der Waals surface area contributed by atoms with Crippen LogP contribution in [-0.4, -0.2) is 23.8 Å². The number of hydrogen-bond donors (Lipinski definition) is 2. The van der Waals surface area contributed by atoms with Gasteiger partial charge in [-0.2, -0.15) is 0 Å². The Morgan fingerprint density at radius 1 is 1.14 bits per heavy atom. The van der Waals surface area contributed by atoms with E-state index in [1.165, 1.54) is 35.6 Å². The molecule has 2 amide bonds. The number of hydrogen-bond acceptors (Lipinski definition) is 5. The highest BCUT2D eigenvalue weighted by molar-refractivity contribution is 7.13. The molecule has 0 aliphatic heterocycles. The van der Waals surface area contributed by atoms with Crippen LogP contribution >= 0.6 is 11.3 Å². The molecule has 0 saturated carbocycles. The van der Waals surface area contributed by atoms with Crippen LogP contribution < -0.4 is 15.4 Å². The number of nitrogens with one attached hydrogen (secondary N) is 2. The minimum Gasteiger partial charge on any atom is -0.486 e. The summed E-state index contributed by atoms with van der Waals surface area (Å²) in [6.07, 6.45) is 0. The van der Waals surface area contributed by atoms with Gasteiger partial charge in [-0.3, -0.25) is 9.59 Å². The third-order valence-corrected chi connectivity index (χ3v) is 4.96. The molecule has 2 N–H and O–H groups in total. The maximum Gasteiger partial charge on any atom is 0.267 e. The van der Waals surface area contributed by atoms with Crippen LogP contribution in [0.2, 0.25) is 0 Å². The number of ether oxygens (including phenoxy) is 1. The molecule has 0 aliphatic rings. The molecule has 8 heteroatoms. The van der Waals surface area contributed by atoms with Crippen molar-refractivity contribution in [3.05, 3.63) is 75.5 Å². The number of aromatic nitrogens is 1. The standard InChI is InChI=1S/C20H18FN3O3S/c1-12-18(20(26)24-15-5-3-4-13(10-15)19(25)22-2)28-17(23-12)11-27-16-8-6-14(21)7-9-16/h3-10H,11H2,1-2H3,(H,22,25)(H,24,26). The van der Waals surface area contributed by atoms with E-state index in [1.807, 2.05) is 0 Å². The summed E-state index contributed by atoms with van der Waals surface area (Å²) in [5.74, 6) is -0.356. The summed E-state index contributed by atoms with van der Waals surface area (Å²) in [6.45, 7) is 1.92. The van der Waals surface area contributed by atoms with Crippen LogP contribution in [-0.2, 0) is 6.61 Å². The van der Waals surface area contributed by atoms with Crippen molar-refractivity contribution >= 4 is 28.8 Å². The van der Waals surface area contributed by atoms with Gasteiger partial charge in [-0.15, -0.1) is 11.3 Å². The molecule has 0 bridgehead atoms. The van der Waals surface area contributed by atoms with E-state index in [9.17, 15) is 14.0 Å². The van der Waals surface area contributed by atoms with E-state index in [0.29, 0.717) is 32.6 Å². The average molecular weight is 399 g/mol. The van der Waals surface area contributed by atoms with Crippen molar-refractivity contribution in [2.24, 2.45) is 0 Å². The van der Waals surface area contributed by atoms with Gasteiger partial charge in [0.15, 0.2) is 0 Å². The fraction of sp³-hybridized carbons (Fsp3) is 0.150. The molecule has 0 aliphatic carbocycles. The Balaban J connectivity index is 1.67. The molecule has 6 nitrogen and oxygen atoms in total. The maximum atomic E-state index is 12.9. The second-order valence-electron chi connectivity index (χ2n) is 5.88. The van der Waals surface area contributed by atoms with E-state index in [1.54, 1.807) is 38.2 Å². The van der Waals surface area contributed by atoms with Crippen molar-refractivity contribution in [3.8, 4) is 5.75 Å². The van der Waals surface area contributed by atoms with Crippen LogP contribution in [0.4, 0.5) is 10.1 Å². The summed E-state index contributed by atoms with van der Waals surface area (Å²) in [4.78, 5) is 29.1. The molecule has 0 spiro atoms. The second-order valence-corrected chi connectivity index (χ2v) is 6.96. The molecule has 3 rings (SSSR count). The zero-order chi connectivity index (χ0) is 20.1. The molecule has 0 atom stereocenters. The normalized spacial score (nSPS) is 10.4. The number of anilines is 1. The highest BCUT2D eigenvalue weighted by Crippen LogP contribution is 2.22. The number of nitrogens with zero attached hydrogens (tertiary/aromatic N) is 1. The number of thiazole rings is 1. The smallest absolute Gasteiger partial charge is 0.267 e. The molecular formula is C20H18FN3O3S. The first-order valence-corrected chi connectivity index (χ1v) is 9.26. The monoisotopic (exact) mass is 399 g/mol. The predicted octanol–water partition coefficient (Wildman–Crippen LogP) is 3.78. The molecule has 1 aromatic heterocycles. The van der Waals surface area contributed by atoms with Gasteiger partial charge in [0.05, 0.1) is 5.69 Å². The van der Waals surface area contributed by atoms with Crippen LogP contribution in [0.5, 0.6) is 5.75 Å². The lowest BCUT2D eigenvalue weighted by Gasteiger charge is -2.06. The van der Waals surface area contributed by atoms with Gasteiger partial charge in [0.2, 0.25) is 0 Å². The van der Waals surface area contributed by atoms with Gasteiger partial charge in [-0.1, -0.05) is 6.07 Å². The van der Waals surface area contributed by atoms with E-state index in [4.69, 9.17) is 4.74 Å². The quantitative estimate of drug-likeness (QED) is 0.661. The van der Waals surface area contributed by atoms with Gasteiger partial charge < -0.3 is 15.4 Å². The van der Waals surface area contributed by atoms with Crippen LogP contribution in [0.1, 0.15) is 30.7 Å². The highest BCUT2D eigenvalue weighted by atomic mass is 32.1. The average Bonchev–Trinajstić information content (AvgIpc) is 3.08. The molecule has 0 saturated heterocycles. The summed E-state index contributed by atoms with van der Waals surface area (Å²) in [6, 6.07) is 12.4. The van der Waals surface area contributed by atoms with Crippen LogP contribution in [0.3, 0.4) is 0 Å². The lowest BCUT2D eigenvalue weighted by molar-refractivity contribution is 0.0961. The van der Waals surface area contributed by atoms with Gasteiger partial charge in [0, 0.05) is 18.3 Å². The van der Waals surface area contributed by atoms with Gasteiger partial charge in [-0.25, -0.2) is 9.37 Å². The molecule has 3 aromatic rings. The Morgan fingerprint density at radius 3 is 2.61 bits per heavy atom. The Hall–Kier alpha value is -3.26. The molecule has 0 radical (unpaired) electrons. The van der Waals surface area contributed by atoms with E-state index in [2.05, 4.69) is 15.6 Å². The summed E-state index contributed by atoms with van der Waals surface area (Å²) >= 11 is 1.22. The predicted molar refractivity (Wildman–Crippen MR) is 105 cm³/mol. The van der Waals surface area contributed by atoms with Crippen molar-refractivity contribution in [1.29, 1.82) is 0 Å². The number of benzene rings is 2. The fourth-order valence-electron chi connectivity index (χ4n) is 2.47. The zero-order valence-corrected chi connectivity index (χ0v) is 16.1. The van der Waals surface area contributed by atoms with Gasteiger partial charge in [-0.05, 0) is 49.4 Å². The van der Waals surface area contributed by atoms with Crippen molar-refractivity contribution in [3.63, 3.8) is 0 Å². The first-order valence-electron chi connectivity index (χ1n) is 8.44. The molecule has 1 heterocycles. The maximum absolute atomic E-state index is 12.9. The summed E-state index contributed by atoms with van der Waals surface area (Å²) < 4.78 is 18.5. The van der Waals surface area contributed by atoms with Crippen LogP contribution in [0, 0.1) is 12.7 Å². The molecule has 0 fully saturated rings. The minimum atomic E-state index is -0.336. The third-order valence-electron chi connectivity index (χ3n) is 3.83. The van der Waals surface area contributed by atoms with Crippen molar-refractivity contribution in [2.75, 3.05) is 12.4 Å². The Bertz CT molecular complexity index is 1000. The first-order chi connectivity index (χ1) is 13.5. The first kappa shape index (κ1) is 19.5. The molecule has 0 unspecified atom stereocenters. The minimum absolute atomic E-state index is 0.177. The van der Waals surface area contributed by atoms with Crippen molar-refractivity contribution < 1.29 is 18.7 Å². The molecule has 28 heavy (non-hydrogen) atoms. The molecule has 144 valence electrons. The van der Waals surface area contributed by atoms with Crippen LogP contribution in [0.15, 0.2) is 48.5 Å². The number of rotatable bonds is 6. The van der Waals surface area contributed by atoms with Gasteiger partial charge in [0.1, 0.15) is 28.1 Å². The Labute approximate surface area is 165 Å². The molecular weight excluding hydrogens is 381 g/mol. The van der Waals surface area contributed by atoms with Gasteiger partial charge >= 0.3 is 0 Å². The van der Waals surface area contributed by atoms with E-state index in [0.717, 1.165) is 0 Å². The zero-order valence-electron chi connectivity index (χ0n) is 15.3. The SMILES string of the molecule is CNC(=O)c1cccc(NC(=O)c2sc(COc3ccc(F)cc3)nc2C)c1. The highest BCUT2D eigenvalue weighted by Gasteiger charge is 2.16. The van der Waals surface area contributed by atoms with E-state index in [-0.39, 0.29) is 24.2 Å². The summed E-state index contributed by atoms with van der Waals surface area (Å²) in [5.41, 5.74) is 1.56. The number of halogens is 1. The van der Waals surface area contributed by atoms with E-state index >= 15 is 0 Å². The number of carbonyl (C=O) groups excluding carboxylic acids is 2. The Kier molecular flexibility index (Phi) is 6.00. The lowest BCUT2D eigenvalue weighted by atomic mass is 10.2. The second kappa shape index (κ2) is 8.62. The van der Waals surface area contributed by atoms with Gasteiger partial charge in [0.25, 0.3) is 11.8 Å². The largest absolute Gasteiger partial charge is 0.486 e. The Morgan fingerprint density at radius 2 is 1.89 bits per heavy atom. The summed E-state index contributed by atoms with van der Waals surface area (Å²) in [5, 5.41) is 5.95. The topological polar surface area (TPSA) is 80.3 Å².